The van der Waals surface area contributed by atoms with Crippen LogP contribution in [0.4, 0.5) is 25.8 Å². The van der Waals surface area contributed by atoms with Gasteiger partial charge in [0.25, 0.3) is 5.69 Å². The van der Waals surface area contributed by atoms with Gasteiger partial charge in [-0.2, -0.15) is 0 Å². The molecule has 0 aliphatic carbocycles. The molecule has 9 heteroatoms. The van der Waals surface area contributed by atoms with Crippen molar-refractivity contribution in [3.05, 3.63) is 51.6 Å². The predicted octanol–water partition coefficient (Wildman–Crippen LogP) is 3.42. The summed E-state index contributed by atoms with van der Waals surface area (Å²) in [7, 11) is 0. The standard InChI is InChI=1S/C13H6F2N2O5/c14-7-3-9-10(4-8(7)15)22-11-2-5(17(20)21)1-6(13(18)19)12(11)16-9/h1-4,16H,(H,18,19). The van der Waals surface area contributed by atoms with Crippen molar-refractivity contribution in [2.75, 3.05) is 5.32 Å². The topological polar surface area (TPSA) is 102 Å². The van der Waals surface area contributed by atoms with Crippen LogP contribution in [-0.2, 0) is 0 Å². The van der Waals surface area contributed by atoms with Crippen molar-refractivity contribution in [3.63, 3.8) is 0 Å². The Labute approximate surface area is 120 Å². The zero-order chi connectivity index (χ0) is 16.0. The molecule has 22 heavy (non-hydrogen) atoms. The van der Waals surface area contributed by atoms with E-state index in [-0.39, 0.29) is 22.9 Å². The average molecular weight is 308 g/mol. The van der Waals surface area contributed by atoms with E-state index in [0.717, 1.165) is 24.3 Å². The van der Waals surface area contributed by atoms with Crippen LogP contribution >= 0.6 is 0 Å². The minimum Gasteiger partial charge on any atom is -0.478 e. The fourth-order valence-corrected chi connectivity index (χ4v) is 2.05. The molecule has 0 unspecified atom stereocenters. The van der Waals surface area contributed by atoms with E-state index in [1.807, 2.05) is 0 Å². The summed E-state index contributed by atoms with van der Waals surface area (Å²) in [6.45, 7) is 0. The summed E-state index contributed by atoms with van der Waals surface area (Å²) in [5.41, 5.74) is -0.970. The number of non-ortho nitro benzene ring substituents is 1. The Morgan fingerprint density at radius 2 is 1.86 bits per heavy atom. The number of aromatic carboxylic acids is 1. The Balaban J connectivity index is 2.19. The number of carbonyl (C=O) groups is 1. The van der Waals surface area contributed by atoms with Gasteiger partial charge < -0.3 is 15.2 Å². The molecule has 2 aromatic rings. The summed E-state index contributed by atoms with van der Waals surface area (Å²) < 4.78 is 31.7. The Morgan fingerprint density at radius 3 is 2.50 bits per heavy atom. The minimum absolute atomic E-state index is 0.0164. The highest BCUT2D eigenvalue weighted by Crippen LogP contribution is 2.45. The number of ether oxygens (including phenoxy) is 1. The van der Waals surface area contributed by atoms with E-state index in [1.165, 1.54) is 0 Å². The summed E-state index contributed by atoms with van der Waals surface area (Å²) >= 11 is 0. The number of nitro benzene ring substituents is 1. The number of fused-ring (bicyclic) bond motifs is 2. The number of rotatable bonds is 2. The fourth-order valence-electron chi connectivity index (χ4n) is 2.05. The highest BCUT2D eigenvalue weighted by Gasteiger charge is 2.27. The number of nitro groups is 1. The lowest BCUT2D eigenvalue weighted by Gasteiger charge is -2.23. The molecule has 0 aromatic heterocycles. The Bertz CT molecular complexity index is 838. The molecule has 0 radical (unpaired) electrons. The van der Waals surface area contributed by atoms with Crippen molar-refractivity contribution >= 4 is 23.0 Å². The molecule has 1 heterocycles. The Morgan fingerprint density at radius 1 is 1.18 bits per heavy atom. The highest BCUT2D eigenvalue weighted by atomic mass is 19.2. The number of halogens is 2. The molecule has 0 amide bonds. The van der Waals surface area contributed by atoms with Gasteiger partial charge in [-0.15, -0.1) is 0 Å². The summed E-state index contributed by atoms with van der Waals surface area (Å²) in [5.74, 6) is -4.00. The maximum Gasteiger partial charge on any atom is 0.338 e. The van der Waals surface area contributed by atoms with Crippen LogP contribution in [0, 0.1) is 21.7 Å². The third-order valence-electron chi connectivity index (χ3n) is 3.03. The molecule has 1 aliphatic rings. The molecule has 7 nitrogen and oxygen atoms in total. The second kappa shape index (κ2) is 4.65. The van der Waals surface area contributed by atoms with Gasteiger partial charge in [0.05, 0.1) is 27.9 Å². The first-order chi connectivity index (χ1) is 10.4. The largest absolute Gasteiger partial charge is 0.478 e. The van der Waals surface area contributed by atoms with E-state index in [1.54, 1.807) is 0 Å². The van der Waals surface area contributed by atoms with E-state index in [4.69, 9.17) is 9.84 Å². The van der Waals surface area contributed by atoms with Gasteiger partial charge in [0, 0.05) is 18.2 Å². The zero-order valence-electron chi connectivity index (χ0n) is 10.6. The Hall–Kier alpha value is -3.23. The van der Waals surface area contributed by atoms with Crippen molar-refractivity contribution in [1.29, 1.82) is 0 Å². The highest BCUT2D eigenvalue weighted by molar-refractivity contribution is 5.99. The first-order valence-electron chi connectivity index (χ1n) is 5.86. The second-order valence-corrected chi connectivity index (χ2v) is 4.42. The summed E-state index contributed by atoms with van der Waals surface area (Å²) in [6, 6.07) is 3.42. The number of nitrogens with one attached hydrogen (secondary N) is 1. The van der Waals surface area contributed by atoms with Gasteiger partial charge in [-0.05, 0) is 0 Å². The molecule has 0 saturated carbocycles. The molecule has 0 saturated heterocycles. The summed E-state index contributed by atoms with van der Waals surface area (Å²) in [5, 5.41) is 22.6. The molecule has 1 aliphatic heterocycles. The van der Waals surface area contributed by atoms with Gasteiger partial charge >= 0.3 is 5.97 Å². The molecule has 0 atom stereocenters. The molecule has 0 spiro atoms. The number of benzene rings is 2. The van der Waals surface area contributed by atoms with Crippen molar-refractivity contribution in [3.8, 4) is 11.5 Å². The van der Waals surface area contributed by atoms with Crippen LogP contribution in [0.25, 0.3) is 0 Å². The van der Waals surface area contributed by atoms with Gasteiger partial charge in [-0.1, -0.05) is 0 Å². The van der Waals surface area contributed by atoms with Crippen LogP contribution in [-0.4, -0.2) is 16.0 Å². The predicted molar refractivity (Wildman–Crippen MR) is 69.8 cm³/mol. The van der Waals surface area contributed by atoms with Crippen LogP contribution in [0.5, 0.6) is 11.5 Å². The first-order valence-corrected chi connectivity index (χ1v) is 5.86. The van der Waals surface area contributed by atoms with Crippen LogP contribution in [0.15, 0.2) is 24.3 Å². The average Bonchev–Trinajstić information content (AvgIpc) is 2.45. The van der Waals surface area contributed by atoms with Crippen LogP contribution < -0.4 is 10.1 Å². The molecule has 0 fully saturated rings. The monoisotopic (exact) mass is 308 g/mol. The van der Waals surface area contributed by atoms with Crippen LogP contribution in [0.2, 0.25) is 0 Å². The first kappa shape index (κ1) is 13.7. The normalized spacial score (nSPS) is 11.7. The second-order valence-electron chi connectivity index (χ2n) is 4.42. The van der Waals surface area contributed by atoms with Gasteiger partial charge in [-0.25, -0.2) is 13.6 Å². The van der Waals surface area contributed by atoms with Gasteiger partial charge in [0.2, 0.25) is 0 Å². The van der Waals surface area contributed by atoms with Crippen LogP contribution in [0.1, 0.15) is 10.4 Å². The number of carboxylic acids is 1. The van der Waals surface area contributed by atoms with Gasteiger partial charge in [0.15, 0.2) is 23.1 Å². The van der Waals surface area contributed by atoms with Gasteiger partial charge in [-0.3, -0.25) is 10.1 Å². The van der Waals surface area contributed by atoms with Crippen molar-refractivity contribution < 1.29 is 28.3 Å². The molecule has 112 valence electrons. The molecule has 2 aromatic carbocycles. The Kier molecular flexibility index (Phi) is 2.91. The smallest absolute Gasteiger partial charge is 0.338 e. The third-order valence-corrected chi connectivity index (χ3v) is 3.03. The van der Waals surface area contributed by atoms with Crippen molar-refractivity contribution in [2.45, 2.75) is 0 Å². The van der Waals surface area contributed by atoms with Crippen molar-refractivity contribution in [2.24, 2.45) is 0 Å². The molecular formula is C13H6F2N2O5. The van der Waals surface area contributed by atoms with E-state index in [0.29, 0.717) is 0 Å². The molecule has 0 bridgehead atoms. The maximum atomic E-state index is 13.2. The summed E-state index contributed by atoms with van der Waals surface area (Å²) in [4.78, 5) is 21.3. The quantitative estimate of drug-likeness (QED) is 0.555. The number of hydrogen-bond donors (Lipinski definition) is 2. The number of nitrogens with zero attached hydrogens (tertiary/aromatic N) is 1. The SMILES string of the molecule is O=C(O)c1cc([N+](=O)[O-])cc2c1Nc1cc(F)c(F)cc1O2. The number of anilines is 2. The van der Waals surface area contributed by atoms with Crippen LogP contribution in [0.3, 0.4) is 0 Å². The lowest BCUT2D eigenvalue weighted by atomic mass is 10.1. The number of hydrogen-bond acceptors (Lipinski definition) is 5. The molecule has 3 rings (SSSR count). The fraction of sp³-hybridized carbons (Fsp3) is 0. The third kappa shape index (κ3) is 2.08. The van der Waals surface area contributed by atoms with Crippen molar-refractivity contribution in [1.82, 2.24) is 0 Å². The van der Waals surface area contributed by atoms with Gasteiger partial charge in [0.1, 0.15) is 0 Å². The zero-order valence-corrected chi connectivity index (χ0v) is 10.6. The van der Waals surface area contributed by atoms with E-state index < -0.39 is 33.8 Å². The summed E-state index contributed by atoms with van der Waals surface area (Å²) in [6.07, 6.45) is 0. The molecular weight excluding hydrogens is 302 g/mol. The maximum absolute atomic E-state index is 13.2. The lowest BCUT2D eigenvalue weighted by Crippen LogP contribution is -2.10. The van der Waals surface area contributed by atoms with E-state index in [2.05, 4.69) is 5.32 Å². The molecule has 2 N–H and O–H groups in total. The number of carboxylic acid groups (broad SMARTS) is 1. The minimum atomic E-state index is -1.43. The van der Waals surface area contributed by atoms with E-state index in [9.17, 15) is 23.7 Å². The lowest BCUT2D eigenvalue weighted by molar-refractivity contribution is -0.384. The van der Waals surface area contributed by atoms with E-state index >= 15 is 0 Å².